The lowest BCUT2D eigenvalue weighted by Gasteiger charge is -2.02. The Morgan fingerprint density at radius 3 is 2.70 bits per heavy atom. The van der Waals surface area contributed by atoms with Gasteiger partial charge in [0.15, 0.2) is 21.3 Å². The average Bonchev–Trinajstić information content (AvgIpc) is 3.02. The van der Waals surface area contributed by atoms with E-state index < -0.39 is 32.9 Å². The SMILES string of the molecule is CCS(=O)(=O)[C@H]1[C@H](C(=O)O)[C@@H]1c1ccc2c(c1)OCO2. The number of carboxylic acids is 1. The Morgan fingerprint density at radius 2 is 2.05 bits per heavy atom. The summed E-state index contributed by atoms with van der Waals surface area (Å²) in [6.45, 7) is 1.66. The van der Waals surface area contributed by atoms with E-state index in [9.17, 15) is 18.3 Å². The summed E-state index contributed by atoms with van der Waals surface area (Å²) in [5, 5.41) is 8.35. The van der Waals surface area contributed by atoms with Gasteiger partial charge in [-0.2, -0.15) is 0 Å². The molecule has 108 valence electrons. The maximum atomic E-state index is 12.0. The maximum absolute atomic E-state index is 12.0. The highest BCUT2D eigenvalue weighted by Crippen LogP contribution is 2.54. The first-order valence-corrected chi connectivity index (χ1v) is 8.01. The molecule has 6 nitrogen and oxygen atoms in total. The molecule has 1 aromatic carbocycles. The highest BCUT2D eigenvalue weighted by Gasteiger charge is 2.62. The monoisotopic (exact) mass is 298 g/mol. The minimum Gasteiger partial charge on any atom is -0.481 e. The Kier molecular flexibility index (Phi) is 2.89. The van der Waals surface area contributed by atoms with Crippen molar-refractivity contribution in [2.24, 2.45) is 5.92 Å². The zero-order chi connectivity index (χ0) is 14.5. The van der Waals surface area contributed by atoms with Crippen LogP contribution in [-0.2, 0) is 14.6 Å². The van der Waals surface area contributed by atoms with Gasteiger partial charge in [-0.05, 0) is 17.7 Å². The van der Waals surface area contributed by atoms with Gasteiger partial charge in [0.05, 0.1) is 11.2 Å². The molecule has 1 fully saturated rings. The van der Waals surface area contributed by atoms with Gasteiger partial charge in [0.1, 0.15) is 0 Å². The van der Waals surface area contributed by atoms with Crippen LogP contribution in [0.1, 0.15) is 18.4 Å². The second-order valence-electron chi connectivity index (χ2n) is 4.92. The molecule has 1 aliphatic heterocycles. The summed E-state index contributed by atoms with van der Waals surface area (Å²) in [5.74, 6) is -1.38. The van der Waals surface area contributed by atoms with Crippen LogP contribution in [0.5, 0.6) is 11.5 Å². The summed E-state index contributed by atoms with van der Waals surface area (Å²) in [6.07, 6.45) is 0. The fourth-order valence-corrected chi connectivity index (χ4v) is 4.53. The van der Waals surface area contributed by atoms with E-state index in [0.717, 1.165) is 0 Å². The van der Waals surface area contributed by atoms with Gasteiger partial charge < -0.3 is 14.6 Å². The van der Waals surface area contributed by atoms with Crippen LogP contribution in [0.2, 0.25) is 0 Å². The number of hydrogen-bond donors (Lipinski definition) is 1. The maximum Gasteiger partial charge on any atom is 0.308 e. The molecule has 2 aliphatic rings. The number of rotatable bonds is 4. The van der Waals surface area contributed by atoms with Crippen LogP contribution >= 0.6 is 0 Å². The first-order chi connectivity index (χ1) is 9.45. The van der Waals surface area contributed by atoms with E-state index in [2.05, 4.69) is 0 Å². The highest BCUT2D eigenvalue weighted by atomic mass is 32.2. The van der Waals surface area contributed by atoms with Crippen molar-refractivity contribution in [3.8, 4) is 11.5 Å². The molecule has 0 unspecified atom stereocenters. The Balaban J connectivity index is 1.95. The molecular formula is C13H14O6S. The standard InChI is InChI=1S/C13H14O6S/c1-2-20(16,17)12-10(11(12)13(14)15)7-3-4-8-9(5-7)19-6-18-8/h3-5,10-12H,2,6H2,1H3,(H,14,15)/t10-,11+,12+/m0/s1. The molecule has 0 aromatic heterocycles. The Hall–Kier alpha value is -1.76. The van der Waals surface area contributed by atoms with E-state index in [1.807, 2.05) is 0 Å². The lowest BCUT2D eigenvalue weighted by atomic mass is 10.1. The minimum atomic E-state index is -3.38. The Bertz CT molecular complexity index is 665. The lowest BCUT2D eigenvalue weighted by molar-refractivity contribution is -0.138. The van der Waals surface area contributed by atoms with Crippen LogP contribution < -0.4 is 9.47 Å². The predicted octanol–water partition coefficient (Wildman–Crippen LogP) is 1.02. The third-order valence-corrected chi connectivity index (χ3v) is 6.06. The minimum absolute atomic E-state index is 0.0531. The molecule has 0 saturated heterocycles. The molecule has 0 amide bonds. The fraction of sp³-hybridized carbons (Fsp3) is 0.462. The molecule has 1 N–H and O–H groups in total. The summed E-state index contributed by atoms with van der Waals surface area (Å²) in [6, 6.07) is 5.07. The normalized spacial score (nSPS) is 27.4. The molecule has 1 saturated carbocycles. The largest absolute Gasteiger partial charge is 0.481 e. The highest BCUT2D eigenvalue weighted by molar-refractivity contribution is 7.92. The zero-order valence-electron chi connectivity index (χ0n) is 10.8. The summed E-state index contributed by atoms with van der Waals surface area (Å²) in [7, 11) is -3.38. The van der Waals surface area contributed by atoms with Crippen molar-refractivity contribution >= 4 is 15.8 Å². The van der Waals surface area contributed by atoms with Gasteiger partial charge in [-0.3, -0.25) is 4.79 Å². The van der Waals surface area contributed by atoms with Crippen LogP contribution in [0.4, 0.5) is 0 Å². The van der Waals surface area contributed by atoms with Crippen LogP contribution in [0, 0.1) is 5.92 Å². The van der Waals surface area contributed by atoms with Crippen molar-refractivity contribution < 1.29 is 27.8 Å². The van der Waals surface area contributed by atoms with Crippen molar-refractivity contribution in [2.75, 3.05) is 12.5 Å². The topological polar surface area (TPSA) is 89.9 Å². The van der Waals surface area contributed by atoms with Gasteiger partial charge in [0.25, 0.3) is 0 Å². The third-order valence-electron chi connectivity index (χ3n) is 3.84. The number of hydrogen-bond acceptors (Lipinski definition) is 5. The molecule has 0 bridgehead atoms. The average molecular weight is 298 g/mol. The van der Waals surface area contributed by atoms with Crippen molar-refractivity contribution in [3.63, 3.8) is 0 Å². The number of ether oxygens (including phenoxy) is 2. The first kappa shape index (κ1) is 13.2. The number of aliphatic carboxylic acids is 1. The van der Waals surface area contributed by atoms with E-state index in [4.69, 9.17) is 9.47 Å². The van der Waals surface area contributed by atoms with Crippen molar-refractivity contribution in [1.29, 1.82) is 0 Å². The molecule has 1 aromatic rings. The van der Waals surface area contributed by atoms with E-state index in [1.54, 1.807) is 18.2 Å². The van der Waals surface area contributed by atoms with Crippen LogP contribution in [0.25, 0.3) is 0 Å². The number of sulfone groups is 1. The molecule has 1 aliphatic carbocycles. The van der Waals surface area contributed by atoms with Gasteiger partial charge >= 0.3 is 5.97 Å². The quantitative estimate of drug-likeness (QED) is 0.892. The number of carbonyl (C=O) groups is 1. The van der Waals surface area contributed by atoms with E-state index in [0.29, 0.717) is 17.1 Å². The second-order valence-corrected chi connectivity index (χ2v) is 7.37. The Morgan fingerprint density at radius 1 is 1.35 bits per heavy atom. The number of carboxylic acid groups (broad SMARTS) is 1. The lowest BCUT2D eigenvalue weighted by Crippen LogP contribution is -2.14. The molecule has 7 heteroatoms. The van der Waals surface area contributed by atoms with E-state index >= 15 is 0 Å². The predicted molar refractivity (Wildman–Crippen MR) is 69.7 cm³/mol. The van der Waals surface area contributed by atoms with Gasteiger partial charge in [-0.1, -0.05) is 13.0 Å². The molecular weight excluding hydrogens is 284 g/mol. The smallest absolute Gasteiger partial charge is 0.308 e. The fourth-order valence-electron chi connectivity index (χ4n) is 2.73. The van der Waals surface area contributed by atoms with E-state index in [1.165, 1.54) is 6.92 Å². The third kappa shape index (κ3) is 1.93. The summed E-state index contributed by atoms with van der Waals surface area (Å²) >= 11 is 0. The second kappa shape index (κ2) is 4.37. The summed E-state index contributed by atoms with van der Waals surface area (Å²) in [5.41, 5.74) is 0.670. The van der Waals surface area contributed by atoms with Gasteiger partial charge in [-0.25, -0.2) is 8.42 Å². The summed E-state index contributed by atoms with van der Waals surface area (Å²) in [4.78, 5) is 11.2. The summed E-state index contributed by atoms with van der Waals surface area (Å²) < 4.78 is 34.4. The van der Waals surface area contributed by atoms with Crippen molar-refractivity contribution in [1.82, 2.24) is 0 Å². The molecule has 3 rings (SSSR count). The number of fused-ring (bicyclic) bond motifs is 1. The van der Waals surface area contributed by atoms with Crippen LogP contribution in [-0.4, -0.2) is 37.3 Å². The first-order valence-electron chi connectivity index (χ1n) is 6.29. The molecule has 1 heterocycles. The van der Waals surface area contributed by atoms with E-state index in [-0.39, 0.29) is 12.5 Å². The van der Waals surface area contributed by atoms with Gasteiger partial charge in [0.2, 0.25) is 6.79 Å². The van der Waals surface area contributed by atoms with Gasteiger partial charge in [-0.15, -0.1) is 0 Å². The molecule has 0 radical (unpaired) electrons. The van der Waals surface area contributed by atoms with Crippen LogP contribution in [0.15, 0.2) is 18.2 Å². The van der Waals surface area contributed by atoms with Gasteiger partial charge in [0, 0.05) is 11.7 Å². The van der Waals surface area contributed by atoms with Crippen molar-refractivity contribution in [2.45, 2.75) is 18.1 Å². The molecule has 0 spiro atoms. The zero-order valence-corrected chi connectivity index (χ0v) is 11.6. The van der Waals surface area contributed by atoms with Crippen molar-refractivity contribution in [3.05, 3.63) is 23.8 Å². The van der Waals surface area contributed by atoms with Crippen LogP contribution in [0.3, 0.4) is 0 Å². The molecule has 20 heavy (non-hydrogen) atoms. The molecule has 3 atom stereocenters. The number of benzene rings is 1. The Labute approximate surface area is 116 Å².